The minimum Gasteiger partial charge on any atom is -0.493 e. The van der Waals surface area contributed by atoms with Crippen LogP contribution in [0.3, 0.4) is 0 Å². The van der Waals surface area contributed by atoms with E-state index in [9.17, 15) is 0 Å². The van der Waals surface area contributed by atoms with Crippen molar-refractivity contribution in [2.45, 2.75) is 19.8 Å². The van der Waals surface area contributed by atoms with Gasteiger partial charge < -0.3 is 28.4 Å². The van der Waals surface area contributed by atoms with Crippen LogP contribution in [0.25, 0.3) is 0 Å². The van der Waals surface area contributed by atoms with Gasteiger partial charge in [-0.05, 0) is 30.7 Å². The third-order valence-corrected chi connectivity index (χ3v) is 4.46. The summed E-state index contributed by atoms with van der Waals surface area (Å²) < 4.78 is 33.2. The normalized spacial score (nSPS) is 13.3. The van der Waals surface area contributed by atoms with Crippen LogP contribution in [0, 0.1) is 0 Å². The van der Waals surface area contributed by atoms with Crippen molar-refractivity contribution >= 4 is 0 Å². The van der Waals surface area contributed by atoms with Gasteiger partial charge in [0.1, 0.15) is 5.75 Å². The molecular weight excluding hydrogens is 336 g/mol. The average molecular weight is 360 g/mol. The first-order valence-electron chi connectivity index (χ1n) is 8.49. The van der Waals surface area contributed by atoms with Gasteiger partial charge in [-0.1, -0.05) is 6.92 Å². The van der Waals surface area contributed by atoms with Crippen LogP contribution in [0.4, 0.5) is 0 Å². The molecule has 1 aliphatic heterocycles. The summed E-state index contributed by atoms with van der Waals surface area (Å²) in [4.78, 5) is 0. The van der Waals surface area contributed by atoms with Crippen LogP contribution >= 0.6 is 0 Å². The molecule has 6 nitrogen and oxygen atoms in total. The third-order valence-electron chi connectivity index (χ3n) is 4.46. The summed E-state index contributed by atoms with van der Waals surface area (Å²) in [5.74, 6) is 4.02. The molecule has 0 amide bonds. The molecule has 0 saturated heterocycles. The molecule has 0 spiro atoms. The molecule has 0 aliphatic carbocycles. The Bertz CT molecular complexity index is 761. The second-order valence-corrected chi connectivity index (χ2v) is 5.86. The van der Waals surface area contributed by atoms with Crippen molar-refractivity contribution in [1.29, 1.82) is 0 Å². The molecule has 0 fully saturated rings. The van der Waals surface area contributed by atoms with Crippen LogP contribution in [0.5, 0.6) is 34.5 Å². The standard InChI is InChI=1S/C20H24O6/c1-6-24-15-10-17-16(25-11-26-17)9-14(15)12(2)13-7-18(21-3)20(23-5)19(8-13)22-4/h7-10,12H,6,11H2,1-5H3. The zero-order valence-corrected chi connectivity index (χ0v) is 15.8. The Hall–Kier alpha value is -2.76. The lowest BCUT2D eigenvalue weighted by atomic mass is 9.91. The van der Waals surface area contributed by atoms with E-state index in [1.807, 2.05) is 31.2 Å². The Labute approximate surface area is 153 Å². The zero-order valence-electron chi connectivity index (χ0n) is 15.8. The number of hydrogen-bond acceptors (Lipinski definition) is 6. The van der Waals surface area contributed by atoms with Crippen molar-refractivity contribution in [3.63, 3.8) is 0 Å². The second-order valence-electron chi connectivity index (χ2n) is 5.86. The summed E-state index contributed by atoms with van der Waals surface area (Å²) in [7, 11) is 4.81. The first-order chi connectivity index (χ1) is 12.6. The van der Waals surface area contributed by atoms with E-state index in [4.69, 9.17) is 28.4 Å². The SMILES string of the molecule is CCOc1cc2c(cc1C(C)c1cc(OC)c(OC)c(OC)c1)OCO2. The van der Waals surface area contributed by atoms with Gasteiger partial charge in [0, 0.05) is 17.5 Å². The predicted octanol–water partition coefficient (Wildman–Crippen LogP) is 3.99. The molecule has 2 aromatic carbocycles. The lowest BCUT2D eigenvalue weighted by Gasteiger charge is -2.20. The largest absolute Gasteiger partial charge is 0.493 e. The van der Waals surface area contributed by atoms with Gasteiger partial charge in [0.15, 0.2) is 23.0 Å². The lowest BCUT2D eigenvalue weighted by Crippen LogP contribution is -2.04. The van der Waals surface area contributed by atoms with E-state index in [1.165, 1.54) is 0 Å². The van der Waals surface area contributed by atoms with Crippen molar-refractivity contribution in [2.75, 3.05) is 34.7 Å². The highest BCUT2D eigenvalue weighted by Crippen LogP contribution is 2.45. The Kier molecular flexibility index (Phi) is 5.30. The van der Waals surface area contributed by atoms with Gasteiger partial charge in [0.2, 0.25) is 12.5 Å². The molecule has 26 heavy (non-hydrogen) atoms. The fraction of sp³-hybridized carbons (Fsp3) is 0.400. The molecular formula is C20H24O6. The summed E-state index contributed by atoms with van der Waals surface area (Å²) in [6.07, 6.45) is 0. The minimum absolute atomic E-state index is 0.0137. The van der Waals surface area contributed by atoms with Crippen molar-refractivity contribution in [2.24, 2.45) is 0 Å². The number of hydrogen-bond donors (Lipinski definition) is 0. The second kappa shape index (κ2) is 7.64. The van der Waals surface area contributed by atoms with Crippen molar-refractivity contribution in [3.05, 3.63) is 35.4 Å². The molecule has 0 saturated carbocycles. The van der Waals surface area contributed by atoms with E-state index in [2.05, 4.69) is 6.92 Å². The monoisotopic (exact) mass is 360 g/mol. The highest BCUT2D eigenvalue weighted by Gasteiger charge is 2.24. The predicted molar refractivity (Wildman–Crippen MR) is 97.3 cm³/mol. The van der Waals surface area contributed by atoms with Gasteiger partial charge in [0.05, 0.1) is 27.9 Å². The van der Waals surface area contributed by atoms with E-state index in [-0.39, 0.29) is 12.7 Å². The Morgan fingerprint density at radius 3 is 2.04 bits per heavy atom. The summed E-state index contributed by atoms with van der Waals surface area (Å²) in [6.45, 7) is 4.84. The molecule has 1 unspecified atom stereocenters. The molecule has 0 N–H and O–H groups in total. The van der Waals surface area contributed by atoms with Gasteiger partial charge in [-0.3, -0.25) is 0 Å². The topological polar surface area (TPSA) is 55.4 Å². The lowest BCUT2D eigenvalue weighted by molar-refractivity contribution is 0.173. The Balaban J connectivity index is 2.08. The van der Waals surface area contributed by atoms with Crippen molar-refractivity contribution in [1.82, 2.24) is 0 Å². The van der Waals surface area contributed by atoms with E-state index in [0.29, 0.717) is 29.6 Å². The number of benzene rings is 2. The van der Waals surface area contributed by atoms with Gasteiger partial charge in [-0.15, -0.1) is 0 Å². The first kappa shape index (κ1) is 18.0. The van der Waals surface area contributed by atoms with Gasteiger partial charge in [-0.2, -0.15) is 0 Å². The molecule has 6 heteroatoms. The summed E-state index contributed by atoms with van der Waals surface area (Å²) in [6, 6.07) is 7.76. The van der Waals surface area contributed by atoms with Crippen LogP contribution in [0.1, 0.15) is 30.9 Å². The van der Waals surface area contributed by atoms with E-state index < -0.39 is 0 Å². The minimum atomic E-state index is 0.0137. The molecule has 3 rings (SSSR count). The van der Waals surface area contributed by atoms with Crippen LogP contribution in [0.15, 0.2) is 24.3 Å². The maximum Gasteiger partial charge on any atom is 0.231 e. The molecule has 0 aromatic heterocycles. The fourth-order valence-corrected chi connectivity index (χ4v) is 3.09. The third kappa shape index (κ3) is 3.19. The van der Waals surface area contributed by atoms with Crippen LogP contribution in [-0.4, -0.2) is 34.7 Å². The maximum absolute atomic E-state index is 5.84. The summed E-state index contributed by atoms with van der Waals surface area (Å²) in [5, 5.41) is 0. The van der Waals surface area contributed by atoms with Gasteiger partial charge >= 0.3 is 0 Å². The Morgan fingerprint density at radius 2 is 1.50 bits per heavy atom. The zero-order chi connectivity index (χ0) is 18.7. The maximum atomic E-state index is 5.84. The molecule has 0 bridgehead atoms. The first-order valence-corrected chi connectivity index (χ1v) is 8.49. The number of rotatable bonds is 7. The summed E-state index contributed by atoms with van der Waals surface area (Å²) in [5.41, 5.74) is 2.02. The number of fused-ring (bicyclic) bond motifs is 1. The smallest absolute Gasteiger partial charge is 0.231 e. The molecule has 1 heterocycles. The Morgan fingerprint density at radius 1 is 0.885 bits per heavy atom. The van der Waals surface area contributed by atoms with Crippen LogP contribution < -0.4 is 28.4 Å². The number of methoxy groups -OCH3 is 3. The quantitative estimate of drug-likeness (QED) is 0.744. The highest BCUT2D eigenvalue weighted by atomic mass is 16.7. The molecule has 140 valence electrons. The molecule has 1 atom stereocenters. The molecule has 0 radical (unpaired) electrons. The van der Waals surface area contributed by atoms with E-state index in [0.717, 1.165) is 22.6 Å². The highest BCUT2D eigenvalue weighted by molar-refractivity contribution is 5.58. The molecule has 1 aliphatic rings. The number of ether oxygens (including phenoxy) is 6. The van der Waals surface area contributed by atoms with E-state index in [1.54, 1.807) is 21.3 Å². The molecule has 2 aromatic rings. The van der Waals surface area contributed by atoms with Crippen LogP contribution in [-0.2, 0) is 0 Å². The van der Waals surface area contributed by atoms with Crippen molar-refractivity contribution < 1.29 is 28.4 Å². The van der Waals surface area contributed by atoms with Crippen molar-refractivity contribution in [3.8, 4) is 34.5 Å². The average Bonchev–Trinajstić information content (AvgIpc) is 3.13. The van der Waals surface area contributed by atoms with E-state index >= 15 is 0 Å². The fourth-order valence-electron chi connectivity index (χ4n) is 3.09. The van der Waals surface area contributed by atoms with Gasteiger partial charge in [-0.25, -0.2) is 0 Å². The summed E-state index contributed by atoms with van der Waals surface area (Å²) >= 11 is 0. The van der Waals surface area contributed by atoms with Gasteiger partial charge in [0.25, 0.3) is 0 Å². The van der Waals surface area contributed by atoms with Crippen LogP contribution in [0.2, 0.25) is 0 Å².